The molecule has 1 aromatic rings. The Morgan fingerprint density at radius 1 is 1.26 bits per heavy atom. The van der Waals surface area contributed by atoms with Crippen molar-refractivity contribution in [1.29, 1.82) is 0 Å². The molecule has 1 heterocycles. The summed E-state index contributed by atoms with van der Waals surface area (Å²) >= 11 is 0. The van der Waals surface area contributed by atoms with Crippen LogP contribution in [0.2, 0.25) is 0 Å². The van der Waals surface area contributed by atoms with Crippen LogP contribution in [0, 0.1) is 0 Å². The van der Waals surface area contributed by atoms with Crippen LogP contribution in [0.1, 0.15) is 36.7 Å². The Balaban J connectivity index is 1.97. The summed E-state index contributed by atoms with van der Waals surface area (Å²) < 4.78 is 5.72. The predicted octanol–water partition coefficient (Wildman–Crippen LogP) is 1.52. The smallest absolute Gasteiger partial charge is 0.251 e. The predicted molar refractivity (Wildman–Crippen MR) is 73.1 cm³/mol. The van der Waals surface area contributed by atoms with Crippen LogP contribution < -0.4 is 5.32 Å². The SMILES string of the molecule is CC1(C)OC1(C)Cc1ccc(C(=O)NCCO)cc1. The van der Waals surface area contributed by atoms with Crippen molar-refractivity contribution in [2.45, 2.75) is 38.4 Å². The topological polar surface area (TPSA) is 61.9 Å². The number of nitrogens with one attached hydrogen (secondary N) is 1. The zero-order chi connectivity index (χ0) is 14.1. The molecule has 4 heteroatoms. The number of carbonyl (C=O) groups excluding carboxylic acids is 1. The third-order valence-electron chi connectivity index (χ3n) is 3.87. The summed E-state index contributed by atoms with van der Waals surface area (Å²) in [5, 5.41) is 11.3. The molecule has 1 aromatic carbocycles. The van der Waals surface area contributed by atoms with Crippen LogP contribution >= 0.6 is 0 Å². The van der Waals surface area contributed by atoms with E-state index in [4.69, 9.17) is 9.84 Å². The fourth-order valence-corrected chi connectivity index (χ4v) is 2.22. The standard InChI is InChI=1S/C15H21NO3/c1-14(2)15(3,19-14)10-11-4-6-12(7-5-11)13(18)16-8-9-17/h4-7,17H,8-10H2,1-3H3,(H,16,18). The van der Waals surface area contributed by atoms with Gasteiger partial charge in [-0.15, -0.1) is 0 Å². The first-order valence-electron chi connectivity index (χ1n) is 6.56. The number of amides is 1. The van der Waals surface area contributed by atoms with Crippen LogP contribution in [-0.4, -0.2) is 35.4 Å². The van der Waals surface area contributed by atoms with Gasteiger partial charge in [-0.25, -0.2) is 0 Å². The van der Waals surface area contributed by atoms with E-state index >= 15 is 0 Å². The van der Waals surface area contributed by atoms with Crippen molar-refractivity contribution in [3.05, 3.63) is 35.4 Å². The molecule has 0 aromatic heterocycles. The molecule has 1 saturated heterocycles. The van der Waals surface area contributed by atoms with Gasteiger partial charge in [0, 0.05) is 18.5 Å². The molecule has 1 amide bonds. The molecule has 1 aliphatic rings. The Kier molecular flexibility index (Phi) is 3.65. The number of ether oxygens (including phenoxy) is 1. The van der Waals surface area contributed by atoms with Gasteiger partial charge < -0.3 is 15.2 Å². The van der Waals surface area contributed by atoms with Crippen molar-refractivity contribution in [2.24, 2.45) is 0 Å². The Morgan fingerprint density at radius 2 is 1.84 bits per heavy atom. The first-order valence-corrected chi connectivity index (χ1v) is 6.56. The van der Waals surface area contributed by atoms with Gasteiger partial charge in [-0.2, -0.15) is 0 Å². The molecule has 2 N–H and O–H groups in total. The van der Waals surface area contributed by atoms with E-state index in [0.717, 1.165) is 12.0 Å². The van der Waals surface area contributed by atoms with Gasteiger partial charge in [0.25, 0.3) is 5.91 Å². The minimum absolute atomic E-state index is 0.0470. The maximum Gasteiger partial charge on any atom is 0.251 e. The summed E-state index contributed by atoms with van der Waals surface area (Å²) in [5.74, 6) is -0.158. The Bertz CT molecular complexity index is 467. The number of carbonyl (C=O) groups is 1. The number of hydrogen-bond acceptors (Lipinski definition) is 3. The zero-order valence-corrected chi connectivity index (χ0v) is 11.7. The fraction of sp³-hybridized carbons (Fsp3) is 0.533. The Morgan fingerprint density at radius 3 is 2.32 bits per heavy atom. The highest BCUT2D eigenvalue weighted by atomic mass is 16.6. The molecule has 0 aliphatic carbocycles. The van der Waals surface area contributed by atoms with Crippen LogP contribution in [0.5, 0.6) is 0 Å². The molecular weight excluding hydrogens is 242 g/mol. The third-order valence-corrected chi connectivity index (χ3v) is 3.87. The normalized spacial score (nSPS) is 24.0. The number of rotatable bonds is 5. The number of aliphatic hydroxyl groups is 1. The van der Waals surface area contributed by atoms with E-state index in [2.05, 4.69) is 26.1 Å². The van der Waals surface area contributed by atoms with Crippen molar-refractivity contribution in [3.8, 4) is 0 Å². The van der Waals surface area contributed by atoms with Crippen LogP contribution in [-0.2, 0) is 11.2 Å². The second-order valence-electron chi connectivity index (χ2n) is 5.70. The van der Waals surface area contributed by atoms with Gasteiger partial charge in [0.2, 0.25) is 0 Å². The minimum Gasteiger partial charge on any atom is -0.395 e. The summed E-state index contributed by atoms with van der Waals surface area (Å²) in [6, 6.07) is 7.52. The molecule has 1 atom stereocenters. The molecule has 1 aliphatic heterocycles. The Hall–Kier alpha value is -1.39. The summed E-state index contributed by atoms with van der Waals surface area (Å²) in [7, 11) is 0. The number of hydrogen-bond donors (Lipinski definition) is 2. The van der Waals surface area contributed by atoms with E-state index in [9.17, 15) is 4.79 Å². The largest absolute Gasteiger partial charge is 0.395 e. The lowest BCUT2D eigenvalue weighted by Crippen LogP contribution is -2.26. The summed E-state index contributed by atoms with van der Waals surface area (Å²) in [5.41, 5.74) is 1.60. The second kappa shape index (κ2) is 4.94. The molecule has 4 nitrogen and oxygen atoms in total. The van der Waals surface area contributed by atoms with E-state index in [1.165, 1.54) is 0 Å². The molecular formula is C15H21NO3. The van der Waals surface area contributed by atoms with Gasteiger partial charge in [0.15, 0.2) is 0 Å². The molecule has 1 unspecified atom stereocenters. The van der Waals surface area contributed by atoms with Crippen LogP contribution in [0.15, 0.2) is 24.3 Å². The monoisotopic (exact) mass is 263 g/mol. The maximum atomic E-state index is 11.7. The van der Waals surface area contributed by atoms with E-state index < -0.39 is 0 Å². The molecule has 1 fully saturated rings. The van der Waals surface area contributed by atoms with Crippen molar-refractivity contribution < 1.29 is 14.6 Å². The molecule has 0 saturated carbocycles. The lowest BCUT2D eigenvalue weighted by atomic mass is 9.91. The summed E-state index contributed by atoms with van der Waals surface area (Å²) in [6.07, 6.45) is 0.846. The molecule has 0 spiro atoms. The van der Waals surface area contributed by atoms with Crippen LogP contribution in [0.25, 0.3) is 0 Å². The van der Waals surface area contributed by atoms with Gasteiger partial charge in [-0.3, -0.25) is 4.79 Å². The molecule has 0 radical (unpaired) electrons. The first kappa shape index (κ1) is 14.0. The molecule has 2 rings (SSSR count). The van der Waals surface area contributed by atoms with Gasteiger partial charge >= 0.3 is 0 Å². The molecule has 104 valence electrons. The minimum atomic E-state index is -0.158. The van der Waals surface area contributed by atoms with E-state index in [-0.39, 0.29) is 30.3 Å². The maximum absolute atomic E-state index is 11.7. The molecule has 19 heavy (non-hydrogen) atoms. The summed E-state index contributed by atoms with van der Waals surface area (Å²) in [4.78, 5) is 11.7. The number of benzene rings is 1. The van der Waals surface area contributed by atoms with E-state index in [1.54, 1.807) is 12.1 Å². The Labute approximate surface area is 113 Å². The van der Waals surface area contributed by atoms with Crippen LogP contribution in [0.3, 0.4) is 0 Å². The van der Waals surface area contributed by atoms with Gasteiger partial charge in [-0.05, 0) is 38.5 Å². The second-order valence-corrected chi connectivity index (χ2v) is 5.70. The average Bonchev–Trinajstić information content (AvgIpc) is 2.85. The van der Waals surface area contributed by atoms with Crippen molar-refractivity contribution >= 4 is 5.91 Å². The third kappa shape index (κ3) is 2.96. The lowest BCUT2D eigenvalue weighted by molar-refractivity contribution is 0.0945. The first-order chi connectivity index (χ1) is 8.88. The quantitative estimate of drug-likeness (QED) is 0.792. The lowest BCUT2D eigenvalue weighted by Gasteiger charge is -2.09. The molecule has 0 bridgehead atoms. The highest BCUT2D eigenvalue weighted by Gasteiger charge is 2.59. The van der Waals surface area contributed by atoms with Crippen molar-refractivity contribution in [1.82, 2.24) is 5.32 Å². The number of epoxide rings is 1. The highest BCUT2D eigenvalue weighted by Crippen LogP contribution is 2.49. The average molecular weight is 263 g/mol. The van der Waals surface area contributed by atoms with Crippen molar-refractivity contribution in [2.75, 3.05) is 13.2 Å². The fourth-order valence-electron chi connectivity index (χ4n) is 2.22. The number of aliphatic hydroxyl groups excluding tert-OH is 1. The highest BCUT2D eigenvalue weighted by molar-refractivity contribution is 5.94. The van der Waals surface area contributed by atoms with Gasteiger partial charge in [0.1, 0.15) is 0 Å². The van der Waals surface area contributed by atoms with Crippen LogP contribution in [0.4, 0.5) is 0 Å². The van der Waals surface area contributed by atoms with E-state index in [1.807, 2.05) is 12.1 Å². The van der Waals surface area contributed by atoms with E-state index in [0.29, 0.717) is 5.56 Å². The summed E-state index contributed by atoms with van der Waals surface area (Å²) in [6.45, 7) is 6.51. The van der Waals surface area contributed by atoms with Gasteiger partial charge in [-0.1, -0.05) is 12.1 Å². The van der Waals surface area contributed by atoms with Gasteiger partial charge in [0.05, 0.1) is 17.8 Å². The zero-order valence-electron chi connectivity index (χ0n) is 11.7. The van der Waals surface area contributed by atoms with Crippen molar-refractivity contribution in [3.63, 3.8) is 0 Å².